The second kappa shape index (κ2) is 6.31. The number of alkyl halides is 2. The summed E-state index contributed by atoms with van der Waals surface area (Å²) in [6.45, 7) is 0. The Morgan fingerprint density at radius 1 is 1.24 bits per heavy atom. The third-order valence-electron chi connectivity index (χ3n) is 3.23. The van der Waals surface area contributed by atoms with E-state index in [4.69, 9.17) is 11.6 Å². The lowest BCUT2D eigenvalue weighted by Gasteiger charge is -2.19. The van der Waals surface area contributed by atoms with E-state index in [1.807, 2.05) is 6.07 Å². The summed E-state index contributed by atoms with van der Waals surface area (Å²) in [5.74, 6) is -4.53. The molecule has 2 rings (SSSR count). The summed E-state index contributed by atoms with van der Waals surface area (Å²) in [7, 11) is 0. The highest BCUT2D eigenvalue weighted by Crippen LogP contribution is 2.30. The van der Waals surface area contributed by atoms with Crippen molar-refractivity contribution < 1.29 is 18.4 Å². The normalized spacial score (nSPS) is 18.0. The van der Waals surface area contributed by atoms with Crippen LogP contribution in [0.2, 0.25) is 0 Å². The van der Waals surface area contributed by atoms with Crippen molar-refractivity contribution in [3.63, 3.8) is 0 Å². The van der Waals surface area contributed by atoms with Crippen molar-refractivity contribution in [1.29, 1.82) is 0 Å². The van der Waals surface area contributed by atoms with Gasteiger partial charge in [0.2, 0.25) is 5.24 Å². The summed E-state index contributed by atoms with van der Waals surface area (Å²) in [4.78, 5) is 23.8. The van der Waals surface area contributed by atoms with Gasteiger partial charge in [-0.25, -0.2) is 8.78 Å². The summed E-state index contributed by atoms with van der Waals surface area (Å²) >= 11 is 5.49. The van der Waals surface area contributed by atoms with Gasteiger partial charge in [-0.3, -0.25) is 9.59 Å². The van der Waals surface area contributed by atoms with Crippen molar-refractivity contribution in [1.82, 2.24) is 0 Å². The van der Waals surface area contributed by atoms with Crippen molar-refractivity contribution in [3.05, 3.63) is 59.7 Å². The van der Waals surface area contributed by atoms with Crippen LogP contribution in [0.3, 0.4) is 0 Å². The number of Topliss-reactive ketones (excluding diaryl/α,β-unsaturated/α-hetero) is 1. The van der Waals surface area contributed by atoms with Crippen molar-refractivity contribution in [2.75, 3.05) is 0 Å². The Bertz CT molecular complexity index is 606. The molecular weight excluding hydrogens is 298 g/mol. The highest BCUT2D eigenvalue weighted by atomic mass is 35.5. The topological polar surface area (TPSA) is 34.1 Å². The third-order valence-corrected chi connectivity index (χ3v) is 3.45. The van der Waals surface area contributed by atoms with Gasteiger partial charge < -0.3 is 0 Å². The highest BCUT2D eigenvalue weighted by Gasteiger charge is 2.33. The summed E-state index contributed by atoms with van der Waals surface area (Å²) in [6.07, 6.45) is 2.51. The van der Waals surface area contributed by atoms with Gasteiger partial charge in [-0.2, -0.15) is 0 Å². The molecule has 21 heavy (non-hydrogen) atoms. The maximum Gasteiger partial charge on any atom is 0.270 e. The van der Waals surface area contributed by atoms with Crippen LogP contribution >= 0.6 is 11.6 Å². The molecule has 1 aromatic rings. The number of benzene rings is 1. The lowest BCUT2D eigenvalue weighted by atomic mass is 9.88. The Hall–Kier alpha value is -1.81. The van der Waals surface area contributed by atoms with Crippen LogP contribution in [0.5, 0.6) is 0 Å². The van der Waals surface area contributed by atoms with Gasteiger partial charge in [0.25, 0.3) is 5.92 Å². The highest BCUT2D eigenvalue weighted by molar-refractivity contribution is 6.66. The van der Waals surface area contributed by atoms with E-state index >= 15 is 0 Å². The predicted molar refractivity (Wildman–Crippen MR) is 76.3 cm³/mol. The number of halogens is 3. The maximum atomic E-state index is 13.1. The third kappa shape index (κ3) is 4.08. The van der Waals surface area contributed by atoms with Crippen LogP contribution in [0.15, 0.2) is 54.1 Å². The van der Waals surface area contributed by atoms with E-state index in [2.05, 4.69) is 0 Å². The molecule has 1 aliphatic rings. The minimum atomic E-state index is -2.94. The fourth-order valence-electron chi connectivity index (χ4n) is 2.16. The minimum absolute atomic E-state index is 0.0333. The Labute approximate surface area is 126 Å². The van der Waals surface area contributed by atoms with E-state index in [0.29, 0.717) is 6.08 Å². The lowest BCUT2D eigenvalue weighted by Crippen LogP contribution is -2.26. The van der Waals surface area contributed by atoms with Gasteiger partial charge in [0.05, 0.1) is 0 Å². The molecule has 0 bridgehead atoms. The Morgan fingerprint density at radius 2 is 1.90 bits per heavy atom. The standard InChI is InChI=1S/C16H13ClF2O2/c17-15(21)14(12-6-8-16(18,19)9-7-12)13(20)10-11-4-2-1-3-5-11/h1-8,14H,9-10H2. The molecule has 0 saturated heterocycles. The van der Waals surface area contributed by atoms with E-state index in [1.54, 1.807) is 24.3 Å². The van der Waals surface area contributed by atoms with Crippen molar-refractivity contribution in [2.45, 2.75) is 18.8 Å². The largest absolute Gasteiger partial charge is 0.298 e. The summed E-state index contributed by atoms with van der Waals surface area (Å²) in [5.41, 5.74) is 0.984. The van der Waals surface area contributed by atoms with Crippen LogP contribution in [-0.4, -0.2) is 16.9 Å². The van der Waals surface area contributed by atoms with Crippen LogP contribution in [0.1, 0.15) is 12.0 Å². The van der Waals surface area contributed by atoms with Gasteiger partial charge in [-0.1, -0.05) is 42.5 Å². The van der Waals surface area contributed by atoms with Gasteiger partial charge >= 0.3 is 0 Å². The number of hydrogen-bond acceptors (Lipinski definition) is 2. The number of allylic oxidation sites excluding steroid dienone is 4. The smallest absolute Gasteiger partial charge is 0.270 e. The lowest BCUT2D eigenvalue weighted by molar-refractivity contribution is -0.126. The number of carbonyl (C=O) groups is 2. The second-order valence-electron chi connectivity index (χ2n) is 4.87. The average molecular weight is 311 g/mol. The number of carbonyl (C=O) groups excluding carboxylic acids is 2. The monoisotopic (exact) mass is 310 g/mol. The van der Waals surface area contributed by atoms with Crippen molar-refractivity contribution in [3.8, 4) is 0 Å². The summed E-state index contributed by atoms with van der Waals surface area (Å²) in [5, 5.41) is -0.850. The molecule has 2 nitrogen and oxygen atoms in total. The molecule has 0 amide bonds. The molecular formula is C16H13ClF2O2. The Kier molecular flexibility index (Phi) is 4.68. The van der Waals surface area contributed by atoms with Gasteiger partial charge in [0.1, 0.15) is 5.92 Å². The zero-order valence-electron chi connectivity index (χ0n) is 11.1. The Balaban J connectivity index is 2.17. The van der Waals surface area contributed by atoms with Gasteiger partial charge in [-0.05, 0) is 28.8 Å². The van der Waals surface area contributed by atoms with Crippen LogP contribution in [0, 0.1) is 5.92 Å². The molecule has 5 heteroatoms. The minimum Gasteiger partial charge on any atom is -0.298 e. The molecule has 0 spiro atoms. The first kappa shape index (κ1) is 15.6. The molecule has 0 N–H and O–H groups in total. The number of hydrogen-bond donors (Lipinski definition) is 0. The quantitative estimate of drug-likeness (QED) is 0.614. The first-order chi connectivity index (χ1) is 9.89. The van der Waals surface area contributed by atoms with Crippen LogP contribution < -0.4 is 0 Å². The first-order valence-electron chi connectivity index (χ1n) is 6.42. The summed E-state index contributed by atoms with van der Waals surface area (Å²) < 4.78 is 26.1. The molecule has 0 saturated carbocycles. The fourth-order valence-corrected chi connectivity index (χ4v) is 2.41. The zero-order chi connectivity index (χ0) is 15.5. The molecule has 1 atom stereocenters. The van der Waals surface area contributed by atoms with Gasteiger partial charge in [-0.15, -0.1) is 0 Å². The van der Waals surface area contributed by atoms with Crippen LogP contribution in [0.4, 0.5) is 8.78 Å². The van der Waals surface area contributed by atoms with Gasteiger partial charge in [0.15, 0.2) is 5.78 Å². The maximum absolute atomic E-state index is 13.1. The molecule has 110 valence electrons. The first-order valence-corrected chi connectivity index (χ1v) is 6.80. The van der Waals surface area contributed by atoms with Gasteiger partial charge in [0, 0.05) is 12.8 Å². The number of ketones is 1. The molecule has 0 heterocycles. The fraction of sp³-hybridized carbons (Fsp3) is 0.250. The number of rotatable bonds is 5. The Morgan fingerprint density at radius 3 is 2.43 bits per heavy atom. The molecule has 0 aromatic heterocycles. The van der Waals surface area contributed by atoms with E-state index in [0.717, 1.165) is 11.6 Å². The van der Waals surface area contributed by atoms with Crippen molar-refractivity contribution >= 4 is 22.6 Å². The molecule has 1 unspecified atom stereocenters. The molecule has 1 aromatic carbocycles. The SMILES string of the molecule is O=C(Cl)C(C(=O)Cc1ccccc1)C1=CCC(F)(F)C=C1. The summed E-state index contributed by atoms with van der Waals surface area (Å²) in [6, 6.07) is 8.88. The van der Waals surface area contributed by atoms with E-state index in [9.17, 15) is 18.4 Å². The predicted octanol–water partition coefficient (Wildman–Crippen LogP) is 3.70. The molecule has 1 aliphatic carbocycles. The van der Waals surface area contributed by atoms with Crippen molar-refractivity contribution in [2.24, 2.45) is 5.92 Å². The van der Waals surface area contributed by atoms with Crippen LogP contribution in [0.25, 0.3) is 0 Å². The second-order valence-corrected chi connectivity index (χ2v) is 5.24. The van der Waals surface area contributed by atoms with E-state index < -0.39 is 29.3 Å². The van der Waals surface area contributed by atoms with E-state index in [-0.39, 0.29) is 12.0 Å². The average Bonchev–Trinajstić information content (AvgIpc) is 2.41. The van der Waals surface area contributed by atoms with E-state index in [1.165, 1.54) is 6.08 Å². The molecule has 0 fully saturated rings. The molecule has 0 radical (unpaired) electrons. The zero-order valence-corrected chi connectivity index (χ0v) is 11.8. The van der Waals surface area contributed by atoms with Crippen LogP contribution in [-0.2, 0) is 16.0 Å². The molecule has 0 aliphatic heterocycles.